The number of nitrogens with zero attached hydrogens (tertiary/aromatic N) is 2. The SMILES string of the molecule is CCC1CCC(N(C)Cc2ccc(Cl)c([N+](=O)[O-])c2)CC1. The quantitative estimate of drug-likeness (QED) is 0.587. The lowest BCUT2D eigenvalue weighted by molar-refractivity contribution is -0.384. The fraction of sp³-hybridized carbons (Fsp3) is 0.625. The summed E-state index contributed by atoms with van der Waals surface area (Å²) in [6.07, 6.45) is 6.33. The molecule has 0 saturated heterocycles. The largest absolute Gasteiger partial charge is 0.299 e. The monoisotopic (exact) mass is 310 g/mol. The van der Waals surface area contributed by atoms with Crippen LogP contribution in [0.25, 0.3) is 0 Å². The third kappa shape index (κ3) is 4.17. The number of nitro groups is 1. The third-order valence-electron chi connectivity index (χ3n) is 4.66. The summed E-state index contributed by atoms with van der Waals surface area (Å²) in [5, 5.41) is 11.1. The van der Waals surface area contributed by atoms with E-state index in [1.807, 2.05) is 6.07 Å². The van der Waals surface area contributed by atoms with E-state index in [0.29, 0.717) is 6.04 Å². The zero-order chi connectivity index (χ0) is 15.4. The molecule has 5 heteroatoms. The maximum atomic E-state index is 10.9. The molecular weight excluding hydrogens is 288 g/mol. The fourth-order valence-corrected chi connectivity index (χ4v) is 3.39. The van der Waals surface area contributed by atoms with Crippen molar-refractivity contribution in [2.45, 2.75) is 51.6 Å². The second-order valence-corrected chi connectivity index (χ2v) is 6.45. The first kappa shape index (κ1) is 16.2. The van der Waals surface area contributed by atoms with Gasteiger partial charge in [-0.15, -0.1) is 0 Å². The molecule has 21 heavy (non-hydrogen) atoms. The Bertz CT molecular complexity index is 499. The highest BCUT2D eigenvalue weighted by molar-refractivity contribution is 6.32. The van der Waals surface area contributed by atoms with Crippen molar-refractivity contribution >= 4 is 17.3 Å². The van der Waals surface area contributed by atoms with Crippen molar-refractivity contribution in [3.63, 3.8) is 0 Å². The van der Waals surface area contributed by atoms with Crippen molar-refractivity contribution in [1.29, 1.82) is 0 Å². The molecule has 0 heterocycles. The molecule has 0 aliphatic heterocycles. The minimum absolute atomic E-state index is 0.00254. The highest BCUT2D eigenvalue weighted by atomic mass is 35.5. The maximum absolute atomic E-state index is 10.9. The molecule has 116 valence electrons. The molecule has 1 aromatic rings. The summed E-state index contributed by atoms with van der Waals surface area (Å²) in [6, 6.07) is 5.68. The highest BCUT2D eigenvalue weighted by Crippen LogP contribution is 2.30. The third-order valence-corrected chi connectivity index (χ3v) is 4.98. The highest BCUT2D eigenvalue weighted by Gasteiger charge is 2.23. The topological polar surface area (TPSA) is 46.4 Å². The van der Waals surface area contributed by atoms with E-state index in [-0.39, 0.29) is 10.7 Å². The van der Waals surface area contributed by atoms with Gasteiger partial charge in [-0.05, 0) is 50.3 Å². The fourth-order valence-electron chi connectivity index (χ4n) is 3.21. The number of benzene rings is 1. The predicted molar refractivity (Wildman–Crippen MR) is 85.6 cm³/mol. The molecule has 0 radical (unpaired) electrons. The zero-order valence-electron chi connectivity index (χ0n) is 12.7. The Labute approximate surface area is 131 Å². The summed E-state index contributed by atoms with van der Waals surface area (Å²) >= 11 is 5.85. The molecule has 0 amide bonds. The van der Waals surface area contributed by atoms with Crippen LogP contribution in [0.4, 0.5) is 5.69 Å². The number of hydrogen-bond acceptors (Lipinski definition) is 3. The summed E-state index contributed by atoms with van der Waals surface area (Å²) in [5.74, 6) is 0.881. The van der Waals surface area contributed by atoms with Gasteiger partial charge in [0.25, 0.3) is 5.69 Å². The standard InChI is InChI=1S/C16H23ClN2O2/c1-3-12-4-7-14(8-5-12)18(2)11-13-6-9-15(17)16(10-13)19(20)21/h6,9-10,12,14H,3-5,7-8,11H2,1-2H3. The van der Waals surface area contributed by atoms with Crippen molar-refractivity contribution in [3.05, 3.63) is 38.9 Å². The average molecular weight is 311 g/mol. The van der Waals surface area contributed by atoms with Crippen molar-refractivity contribution in [2.24, 2.45) is 5.92 Å². The van der Waals surface area contributed by atoms with Gasteiger partial charge in [0.15, 0.2) is 0 Å². The van der Waals surface area contributed by atoms with E-state index < -0.39 is 4.92 Å². The first-order valence-corrected chi connectivity index (χ1v) is 8.02. The van der Waals surface area contributed by atoms with Crippen LogP contribution in [0.5, 0.6) is 0 Å². The number of nitro benzene ring substituents is 1. The summed E-state index contributed by atoms with van der Waals surface area (Å²) in [6.45, 7) is 3.00. The van der Waals surface area contributed by atoms with E-state index in [0.717, 1.165) is 18.0 Å². The Hall–Kier alpha value is -1.13. The second kappa shape index (κ2) is 7.23. The first-order valence-electron chi connectivity index (χ1n) is 7.64. The van der Waals surface area contributed by atoms with Gasteiger partial charge in [-0.25, -0.2) is 0 Å². The van der Waals surface area contributed by atoms with Crippen molar-refractivity contribution < 1.29 is 4.92 Å². The van der Waals surface area contributed by atoms with E-state index in [2.05, 4.69) is 18.9 Å². The first-order chi connectivity index (χ1) is 10.0. The van der Waals surface area contributed by atoms with Gasteiger partial charge in [-0.1, -0.05) is 31.0 Å². The van der Waals surface area contributed by atoms with Crippen molar-refractivity contribution in [2.75, 3.05) is 7.05 Å². The predicted octanol–water partition coefficient (Wildman–Crippen LogP) is 4.65. The van der Waals surface area contributed by atoms with E-state index in [1.165, 1.54) is 32.1 Å². The summed E-state index contributed by atoms with van der Waals surface area (Å²) < 4.78 is 0. The molecule has 1 aliphatic rings. The molecule has 0 unspecified atom stereocenters. The average Bonchev–Trinajstić information content (AvgIpc) is 2.49. The molecule has 1 aromatic carbocycles. The molecule has 2 rings (SSSR count). The lowest BCUT2D eigenvalue weighted by Gasteiger charge is -2.34. The van der Waals surface area contributed by atoms with Gasteiger partial charge in [-0.2, -0.15) is 0 Å². The zero-order valence-corrected chi connectivity index (χ0v) is 13.5. The van der Waals surface area contributed by atoms with Gasteiger partial charge in [0.1, 0.15) is 5.02 Å². The summed E-state index contributed by atoms with van der Waals surface area (Å²) in [7, 11) is 2.11. The molecule has 1 fully saturated rings. The minimum Gasteiger partial charge on any atom is -0.299 e. The van der Waals surface area contributed by atoms with E-state index >= 15 is 0 Å². The van der Waals surface area contributed by atoms with Crippen LogP contribution in [0.2, 0.25) is 5.02 Å². The molecule has 0 spiro atoms. The number of rotatable bonds is 5. The Balaban J connectivity index is 1.98. The number of hydrogen-bond donors (Lipinski definition) is 0. The minimum atomic E-state index is -0.418. The normalized spacial score (nSPS) is 22.5. The van der Waals surface area contributed by atoms with Gasteiger partial charge >= 0.3 is 0 Å². The lowest BCUT2D eigenvalue weighted by atomic mass is 9.84. The molecule has 0 N–H and O–H groups in total. The Kier molecular flexibility index (Phi) is 5.59. The van der Waals surface area contributed by atoms with E-state index in [4.69, 9.17) is 11.6 Å². The van der Waals surface area contributed by atoms with Crippen LogP contribution >= 0.6 is 11.6 Å². The Morgan fingerprint density at radius 3 is 2.57 bits per heavy atom. The molecule has 1 aliphatic carbocycles. The molecule has 4 nitrogen and oxygen atoms in total. The molecule has 1 saturated carbocycles. The lowest BCUT2D eigenvalue weighted by Crippen LogP contribution is -2.34. The van der Waals surface area contributed by atoms with Crippen molar-refractivity contribution in [1.82, 2.24) is 4.90 Å². The van der Waals surface area contributed by atoms with Gasteiger partial charge in [0, 0.05) is 18.7 Å². The Morgan fingerprint density at radius 2 is 2.00 bits per heavy atom. The maximum Gasteiger partial charge on any atom is 0.288 e. The second-order valence-electron chi connectivity index (χ2n) is 6.04. The van der Waals surface area contributed by atoms with Crippen molar-refractivity contribution in [3.8, 4) is 0 Å². The molecule has 0 bridgehead atoms. The summed E-state index contributed by atoms with van der Waals surface area (Å²) in [4.78, 5) is 12.8. The van der Waals surface area contributed by atoms with Gasteiger partial charge < -0.3 is 0 Å². The van der Waals surface area contributed by atoms with Gasteiger partial charge in [-0.3, -0.25) is 15.0 Å². The van der Waals surface area contributed by atoms with Gasteiger partial charge in [0.2, 0.25) is 0 Å². The van der Waals surface area contributed by atoms with Crippen LogP contribution in [-0.2, 0) is 6.54 Å². The summed E-state index contributed by atoms with van der Waals surface area (Å²) in [5.41, 5.74) is 0.948. The van der Waals surface area contributed by atoms with Crippen LogP contribution in [0.1, 0.15) is 44.6 Å². The smallest absolute Gasteiger partial charge is 0.288 e. The van der Waals surface area contributed by atoms with Crippen LogP contribution in [0, 0.1) is 16.0 Å². The molecule has 0 atom stereocenters. The molecule has 0 aromatic heterocycles. The Morgan fingerprint density at radius 1 is 1.33 bits per heavy atom. The van der Waals surface area contributed by atoms with Crippen LogP contribution < -0.4 is 0 Å². The van der Waals surface area contributed by atoms with E-state index in [9.17, 15) is 10.1 Å². The number of halogens is 1. The van der Waals surface area contributed by atoms with Crippen LogP contribution in [0.3, 0.4) is 0 Å². The van der Waals surface area contributed by atoms with Crippen LogP contribution in [0.15, 0.2) is 18.2 Å². The van der Waals surface area contributed by atoms with E-state index in [1.54, 1.807) is 12.1 Å². The molecular formula is C16H23ClN2O2. The van der Waals surface area contributed by atoms with Crippen LogP contribution in [-0.4, -0.2) is 22.9 Å². The van der Waals surface area contributed by atoms with Gasteiger partial charge in [0.05, 0.1) is 4.92 Å².